The third kappa shape index (κ3) is 2.71. The van der Waals surface area contributed by atoms with Crippen LogP contribution in [-0.2, 0) is 10.0 Å². The zero-order valence-electron chi connectivity index (χ0n) is 11.4. The van der Waals surface area contributed by atoms with E-state index in [9.17, 15) is 8.42 Å². The predicted molar refractivity (Wildman–Crippen MR) is 72.8 cm³/mol. The standard InChI is InChI=1S/C12H25N3O2S/c1-3-14-8-5-4-6-12(14)15-9-7-13-10-11(2)18(15,16)17/h11-13H,3-10H2,1-2H3. The highest BCUT2D eigenvalue weighted by Crippen LogP contribution is 2.24. The summed E-state index contributed by atoms with van der Waals surface area (Å²) in [6, 6.07) is 0. The zero-order chi connectivity index (χ0) is 13.2. The SMILES string of the molecule is CCN1CCCCC1N1CCNCC(C)S1(=O)=O. The van der Waals surface area contributed by atoms with Gasteiger partial charge in [0.25, 0.3) is 0 Å². The summed E-state index contributed by atoms with van der Waals surface area (Å²) in [6.07, 6.45) is 3.37. The highest BCUT2D eigenvalue weighted by Gasteiger charge is 2.38. The lowest BCUT2D eigenvalue weighted by Gasteiger charge is -2.41. The molecule has 106 valence electrons. The molecule has 0 bridgehead atoms. The molecule has 0 aromatic rings. The third-order valence-electron chi connectivity index (χ3n) is 4.09. The lowest BCUT2D eigenvalue weighted by atomic mass is 10.1. The van der Waals surface area contributed by atoms with Crippen molar-refractivity contribution in [2.75, 3.05) is 32.7 Å². The summed E-state index contributed by atoms with van der Waals surface area (Å²) in [5.74, 6) is 0. The minimum absolute atomic E-state index is 0.0797. The molecule has 2 heterocycles. The van der Waals surface area contributed by atoms with Crippen molar-refractivity contribution in [1.29, 1.82) is 0 Å². The van der Waals surface area contributed by atoms with Crippen LogP contribution in [0.1, 0.15) is 33.1 Å². The van der Waals surface area contributed by atoms with Crippen molar-refractivity contribution in [3.8, 4) is 0 Å². The largest absolute Gasteiger partial charge is 0.314 e. The Hall–Kier alpha value is -0.170. The lowest BCUT2D eigenvalue weighted by molar-refractivity contribution is 0.0699. The second-order valence-corrected chi connectivity index (χ2v) is 7.58. The Labute approximate surface area is 111 Å². The van der Waals surface area contributed by atoms with E-state index >= 15 is 0 Å². The van der Waals surface area contributed by atoms with Crippen molar-refractivity contribution >= 4 is 10.0 Å². The van der Waals surface area contributed by atoms with E-state index in [-0.39, 0.29) is 11.4 Å². The van der Waals surface area contributed by atoms with Crippen LogP contribution in [0.15, 0.2) is 0 Å². The van der Waals surface area contributed by atoms with Crippen molar-refractivity contribution in [2.45, 2.75) is 44.5 Å². The van der Waals surface area contributed by atoms with Crippen LogP contribution in [0.3, 0.4) is 0 Å². The predicted octanol–water partition coefficient (Wildman–Crippen LogP) is 0.442. The number of sulfonamides is 1. The first-order valence-corrected chi connectivity index (χ1v) is 8.53. The van der Waals surface area contributed by atoms with E-state index in [2.05, 4.69) is 17.1 Å². The first-order valence-electron chi connectivity index (χ1n) is 7.02. The van der Waals surface area contributed by atoms with E-state index in [1.54, 1.807) is 11.2 Å². The summed E-state index contributed by atoms with van der Waals surface area (Å²) in [4.78, 5) is 2.30. The maximum atomic E-state index is 12.6. The molecule has 0 aromatic carbocycles. The minimum Gasteiger partial charge on any atom is -0.314 e. The van der Waals surface area contributed by atoms with Crippen LogP contribution in [0.2, 0.25) is 0 Å². The summed E-state index contributed by atoms with van der Waals surface area (Å²) in [6.45, 7) is 7.81. The molecule has 0 spiro atoms. The van der Waals surface area contributed by atoms with Gasteiger partial charge in [0.2, 0.25) is 10.0 Å². The fourth-order valence-electron chi connectivity index (χ4n) is 2.95. The van der Waals surface area contributed by atoms with E-state index in [0.717, 1.165) is 32.5 Å². The van der Waals surface area contributed by atoms with E-state index in [4.69, 9.17) is 0 Å². The molecule has 2 saturated heterocycles. The molecule has 6 heteroatoms. The number of likely N-dealkylation sites (tertiary alicyclic amines) is 1. The Bertz CT molecular complexity index is 372. The second-order valence-electron chi connectivity index (χ2n) is 5.28. The second kappa shape index (κ2) is 5.86. The number of hydrogen-bond acceptors (Lipinski definition) is 4. The van der Waals surface area contributed by atoms with E-state index < -0.39 is 10.0 Å². The van der Waals surface area contributed by atoms with Crippen molar-refractivity contribution < 1.29 is 8.42 Å². The van der Waals surface area contributed by atoms with Gasteiger partial charge in [-0.05, 0) is 39.3 Å². The van der Waals surface area contributed by atoms with Gasteiger partial charge in [-0.2, -0.15) is 4.31 Å². The molecule has 2 atom stereocenters. The zero-order valence-corrected chi connectivity index (χ0v) is 12.2. The van der Waals surface area contributed by atoms with E-state index in [1.165, 1.54) is 6.42 Å². The Kier molecular flexibility index (Phi) is 4.64. The van der Waals surface area contributed by atoms with Gasteiger partial charge < -0.3 is 5.32 Å². The van der Waals surface area contributed by atoms with Gasteiger partial charge in [0.05, 0.1) is 11.4 Å². The molecule has 2 rings (SSSR count). The number of rotatable bonds is 2. The van der Waals surface area contributed by atoms with Gasteiger partial charge in [0, 0.05) is 19.6 Å². The summed E-state index contributed by atoms with van der Waals surface area (Å²) in [5, 5.41) is 2.90. The average Bonchev–Trinajstić information content (AvgIpc) is 2.50. The van der Waals surface area contributed by atoms with Crippen molar-refractivity contribution in [1.82, 2.24) is 14.5 Å². The Morgan fingerprint density at radius 3 is 2.78 bits per heavy atom. The Morgan fingerprint density at radius 1 is 1.28 bits per heavy atom. The van der Waals surface area contributed by atoms with Crippen LogP contribution in [-0.4, -0.2) is 61.8 Å². The van der Waals surface area contributed by atoms with E-state index in [0.29, 0.717) is 13.1 Å². The molecule has 0 amide bonds. The van der Waals surface area contributed by atoms with Gasteiger partial charge in [-0.25, -0.2) is 8.42 Å². The van der Waals surface area contributed by atoms with Gasteiger partial charge >= 0.3 is 0 Å². The fraction of sp³-hybridized carbons (Fsp3) is 1.00. The molecule has 2 fully saturated rings. The van der Waals surface area contributed by atoms with Gasteiger partial charge in [0.15, 0.2) is 0 Å². The topological polar surface area (TPSA) is 52.6 Å². The molecule has 5 nitrogen and oxygen atoms in total. The number of nitrogens with one attached hydrogen (secondary N) is 1. The van der Waals surface area contributed by atoms with Crippen LogP contribution in [0.4, 0.5) is 0 Å². The monoisotopic (exact) mass is 275 g/mol. The van der Waals surface area contributed by atoms with Gasteiger partial charge in [-0.1, -0.05) is 6.92 Å². The fourth-order valence-corrected chi connectivity index (χ4v) is 4.66. The molecule has 1 N–H and O–H groups in total. The maximum absolute atomic E-state index is 12.6. The third-order valence-corrected chi connectivity index (χ3v) is 6.36. The maximum Gasteiger partial charge on any atom is 0.219 e. The van der Waals surface area contributed by atoms with Crippen LogP contribution in [0.5, 0.6) is 0 Å². The number of piperidine rings is 1. The molecular formula is C12H25N3O2S. The highest BCUT2D eigenvalue weighted by atomic mass is 32.2. The lowest BCUT2D eigenvalue weighted by Crippen LogP contribution is -2.54. The molecule has 0 aromatic heterocycles. The van der Waals surface area contributed by atoms with E-state index in [1.807, 2.05) is 0 Å². The molecule has 0 saturated carbocycles. The average molecular weight is 275 g/mol. The molecule has 2 aliphatic rings. The van der Waals surface area contributed by atoms with Gasteiger partial charge in [-0.3, -0.25) is 4.90 Å². The van der Waals surface area contributed by atoms with Crippen molar-refractivity contribution in [2.24, 2.45) is 0 Å². The summed E-state index contributed by atoms with van der Waals surface area (Å²) in [7, 11) is -3.15. The van der Waals surface area contributed by atoms with Crippen LogP contribution < -0.4 is 5.32 Å². The van der Waals surface area contributed by atoms with Gasteiger partial charge in [0.1, 0.15) is 0 Å². The first kappa shape index (κ1) is 14.2. The normalized spacial score (nSPS) is 35.2. The minimum atomic E-state index is -3.15. The molecule has 0 aliphatic carbocycles. The van der Waals surface area contributed by atoms with Crippen molar-refractivity contribution in [3.63, 3.8) is 0 Å². The molecule has 2 unspecified atom stereocenters. The van der Waals surface area contributed by atoms with Crippen molar-refractivity contribution in [3.05, 3.63) is 0 Å². The summed E-state index contributed by atoms with van der Waals surface area (Å²) >= 11 is 0. The molecular weight excluding hydrogens is 250 g/mol. The van der Waals surface area contributed by atoms with Gasteiger partial charge in [-0.15, -0.1) is 0 Å². The summed E-state index contributed by atoms with van der Waals surface area (Å²) < 4.78 is 26.9. The molecule has 18 heavy (non-hydrogen) atoms. The summed E-state index contributed by atoms with van der Waals surface area (Å²) in [5.41, 5.74) is 0. The Morgan fingerprint density at radius 2 is 2.06 bits per heavy atom. The quantitative estimate of drug-likeness (QED) is 0.794. The molecule has 2 aliphatic heterocycles. The first-order chi connectivity index (χ1) is 8.57. The van der Waals surface area contributed by atoms with Crippen LogP contribution in [0, 0.1) is 0 Å². The molecule has 0 radical (unpaired) electrons. The smallest absolute Gasteiger partial charge is 0.219 e. The van der Waals surface area contributed by atoms with Crippen LogP contribution in [0.25, 0.3) is 0 Å². The van der Waals surface area contributed by atoms with Crippen LogP contribution >= 0.6 is 0 Å². The highest BCUT2D eigenvalue weighted by molar-refractivity contribution is 7.89. The number of hydrogen-bond donors (Lipinski definition) is 1. The number of nitrogens with zero attached hydrogens (tertiary/aromatic N) is 2. The Balaban J connectivity index is 2.22.